The van der Waals surface area contributed by atoms with E-state index in [-0.39, 0.29) is 29.6 Å². The van der Waals surface area contributed by atoms with Crippen LogP contribution in [0.1, 0.15) is 58.8 Å². The monoisotopic (exact) mass is 374 g/mol. The average molecular weight is 374 g/mol. The third-order valence-corrected chi connectivity index (χ3v) is 8.72. The van der Waals surface area contributed by atoms with Gasteiger partial charge in [0.15, 0.2) is 5.60 Å². The molecule has 3 fully saturated rings. The molecule has 0 aromatic heterocycles. The summed E-state index contributed by atoms with van der Waals surface area (Å²) in [6, 6.07) is 0. The highest BCUT2D eigenvalue weighted by Gasteiger charge is 2.73. The fourth-order valence-electron chi connectivity index (χ4n) is 7.11. The summed E-state index contributed by atoms with van der Waals surface area (Å²) in [5.41, 5.74) is -3.01. The van der Waals surface area contributed by atoms with Crippen molar-refractivity contribution in [3.8, 4) is 0 Å². The first-order valence-electron chi connectivity index (χ1n) is 9.80. The summed E-state index contributed by atoms with van der Waals surface area (Å²) in [6.07, 6.45) is -1.06. The number of alkyl halides is 3. The molecule has 0 bridgehead atoms. The van der Waals surface area contributed by atoms with Gasteiger partial charge in [-0.2, -0.15) is 13.2 Å². The molecule has 26 heavy (non-hydrogen) atoms. The molecule has 8 atom stereocenters. The Bertz CT molecular complexity index is 632. The molecule has 0 aromatic rings. The summed E-state index contributed by atoms with van der Waals surface area (Å²) in [5, 5.41) is 31.5. The van der Waals surface area contributed by atoms with Crippen molar-refractivity contribution in [2.45, 2.75) is 82.8 Å². The molecular formula is C20H29F3O3. The highest BCUT2D eigenvalue weighted by Crippen LogP contribution is 2.69. The van der Waals surface area contributed by atoms with Gasteiger partial charge < -0.3 is 15.3 Å². The van der Waals surface area contributed by atoms with E-state index in [1.54, 1.807) is 13.0 Å². The minimum absolute atomic E-state index is 0.110. The van der Waals surface area contributed by atoms with Gasteiger partial charge in [0, 0.05) is 5.41 Å². The first kappa shape index (κ1) is 18.8. The lowest BCUT2D eigenvalue weighted by atomic mass is 9.46. The van der Waals surface area contributed by atoms with E-state index in [1.165, 1.54) is 0 Å². The van der Waals surface area contributed by atoms with Crippen molar-refractivity contribution in [3.63, 3.8) is 0 Å². The van der Waals surface area contributed by atoms with Crippen molar-refractivity contribution in [1.82, 2.24) is 0 Å². The zero-order valence-electron chi connectivity index (χ0n) is 15.4. The average Bonchev–Trinajstić information content (AvgIpc) is 2.82. The molecule has 3 saturated carbocycles. The SMILES string of the molecule is C[C@]12CCC(O)CC1=CC(O)[C@@H]1[C@H]2CC[C@@]2(C)[C@H]1CCC2(O)C(F)(F)F. The number of hydrogen-bond acceptors (Lipinski definition) is 3. The van der Waals surface area contributed by atoms with Gasteiger partial charge in [-0.3, -0.25) is 0 Å². The molecule has 0 saturated heterocycles. The quantitative estimate of drug-likeness (QED) is 0.568. The number of fused-ring (bicyclic) bond motifs is 5. The summed E-state index contributed by atoms with van der Waals surface area (Å²) in [5.74, 6) is -0.489. The topological polar surface area (TPSA) is 60.7 Å². The van der Waals surface area contributed by atoms with E-state index < -0.39 is 29.4 Å². The first-order valence-corrected chi connectivity index (χ1v) is 9.80. The van der Waals surface area contributed by atoms with Gasteiger partial charge in [-0.15, -0.1) is 0 Å². The van der Waals surface area contributed by atoms with Crippen LogP contribution in [0.3, 0.4) is 0 Å². The van der Waals surface area contributed by atoms with Gasteiger partial charge >= 0.3 is 6.18 Å². The minimum Gasteiger partial charge on any atom is -0.393 e. The summed E-state index contributed by atoms with van der Waals surface area (Å²) < 4.78 is 41.2. The van der Waals surface area contributed by atoms with E-state index in [0.717, 1.165) is 12.0 Å². The van der Waals surface area contributed by atoms with E-state index in [4.69, 9.17) is 0 Å². The molecule has 0 amide bonds. The number of rotatable bonds is 0. The molecule has 0 spiro atoms. The second-order valence-electron chi connectivity index (χ2n) is 9.64. The van der Waals surface area contributed by atoms with Crippen LogP contribution >= 0.6 is 0 Å². The molecule has 0 aromatic carbocycles. The van der Waals surface area contributed by atoms with Crippen LogP contribution in [0.15, 0.2) is 11.6 Å². The Morgan fingerprint density at radius 2 is 1.65 bits per heavy atom. The standard InChI is InChI=1S/C20H29F3O3/c1-17-6-3-12(24)9-11(17)10-15(25)16-13(17)4-7-18(2)14(16)5-8-19(18,26)20(21,22)23/h10,12-16,24-26H,3-9H2,1-2H3/t12?,13-,14+,15?,16-,17+,18+,19?/m1/s1. The lowest BCUT2D eigenvalue weighted by Gasteiger charge is -2.60. The van der Waals surface area contributed by atoms with Crippen LogP contribution in [-0.4, -0.2) is 39.3 Å². The molecule has 4 rings (SSSR count). The molecule has 0 aliphatic heterocycles. The van der Waals surface area contributed by atoms with Crippen molar-refractivity contribution in [1.29, 1.82) is 0 Å². The van der Waals surface area contributed by atoms with Crippen molar-refractivity contribution in [2.24, 2.45) is 28.6 Å². The Labute approximate surface area is 152 Å². The van der Waals surface area contributed by atoms with E-state index in [9.17, 15) is 28.5 Å². The Balaban J connectivity index is 1.74. The van der Waals surface area contributed by atoms with E-state index in [0.29, 0.717) is 32.1 Å². The molecule has 4 aliphatic carbocycles. The van der Waals surface area contributed by atoms with E-state index in [1.807, 2.05) is 0 Å². The Morgan fingerprint density at radius 1 is 1.00 bits per heavy atom. The lowest BCUT2D eigenvalue weighted by Crippen LogP contribution is -2.61. The van der Waals surface area contributed by atoms with Crippen LogP contribution in [0.2, 0.25) is 0 Å². The zero-order chi connectivity index (χ0) is 19.1. The van der Waals surface area contributed by atoms with Crippen LogP contribution in [0.4, 0.5) is 13.2 Å². The number of aliphatic hydroxyl groups is 3. The van der Waals surface area contributed by atoms with Crippen molar-refractivity contribution in [3.05, 3.63) is 11.6 Å². The second kappa shape index (κ2) is 5.48. The predicted molar refractivity (Wildman–Crippen MR) is 90.1 cm³/mol. The summed E-state index contributed by atoms with van der Waals surface area (Å²) in [7, 11) is 0. The predicted octanol–water partition coefficient (Wildman–Crippen LogP) is 3.57. The third kappa shape index (κ3) is 2.18. The summed E-state index contributed by atoms with van der Waals surface area (Å²) >= 11 is 0. The number of halogens is 3. The van der Waals surface area contributed by atoms with Gasteiger partial charge in [0.2, 0.25) is 0 Å². The molecule has 3 nitrogen and oxygen atoms in total. The first-order chi connectivity index (χ1) is 11.9. The Morgan fingerprint density at radius 3 is 2.31 bits per heavy atom. The van der Waals surface area contributed by atoms with Crippen LogP contribution in [0.25, 0.3) is 0 Å². The lowest BCUT2D eigenvalue weighted by molar-refractivity contribution is -0.304. The van der Waals surface area contributed by atoms with E-state index >= 15 is 0 Å². The molecule has 0 radical (unpaired) electrons. The second-order valence-corrected chi connectivity index (χ2v) is 9.64. The molecule has 148 valence electrons. The fourth-order valence-corrected chi connectivity index (χ4v) is 7.11. The van der Waals surface area contributed by atoms with Crippen molar-refractivity contribution < 1.29 is 28.5 Å². The molecular weight excluding hydrogens is 345 g/mol. The van der Waals surface area contributed by atoms with Crippen LogP contribution in [0, 0.1) is 28.6 Å². The van der Waals surface area contributed by atoms with Gasteiger partial charge in [-0.1, -0.05) is 25.5 Å². The molecule has 6 heteroatoms. The number of aliphatic hydroxyl groups excluding tert-OH is 2. The highest BCUT2D eigenvalue weighted by atomic mass is 19.4. The molecule has 3 unspecified atom stereocenters. The maximum Gasteiger partial charge on any atom is 0.417 e. The third-order valence-electron chi connectivity index (χ3n) is 8.72. The van der Waals surface area contributed by atoms with Gasteiger partial charge in [0.25, 0.3) is 0 Å². The normalized spacial score (nSPS) is 54.2. The van der Waals surface area contributed by atoms with Crippen molar-refractivity contribution in [2.75, 3.05) is 0 Å². The fraction of sp³-hybridized carbons (Fsp3) is 0.900. The maximum atomic E-state index is 13.7. The van der Waals surface area contributed by atoms with Gasteiger partial charge in [-0.05, 0) is 68.1 Å². The van der Waals surface area contributed by atoms with Crippen molar-refractivity contribution >= 4 is 0 Å². The molecule has 0 heterocycles. The summed E-state index contributed by atoms with van der Waals surface area (Å²) in [4.78, 5) is 0. The van der Waals surface area contributed by atoms with Crippen LogP contribution in [0.5, 0.6) is 0 Å². The smallest absolute Gasteiger partial charge is 0.393 e. The number of hydrogen-bond donors (Lipinski definition) is 3. The van der Waals surface area contributed by atoms with Crippen LogP contribution < -0.4 is 0 Å². The van der Waals surface area contributed by atoms with Gasteiger partial charge in [-0.25, -0.2) is 0 Å². The molecule has 3 N–H and O–H groups in total. The highest BCUT2D eigenvalue weighted by molar-refractivity contribution is 5.29. The molecule has 4 aliphatic rings. The van der Waals surface area contributed by atoms with Gasteiger partial charge in [0.05, 0.1) is 12.2 Å². The minimum atomic E-state index is -4.65. The maximum absolute atomic E-state index is 13.7. The largest absolute Gasteiger partial charge is 0.417 e. The van der Waals surface area contributed by atoms with Crippen LogP contribution in [-0.2, 0) is 0 Å². The van der Waals surface area contributed by atoms with Gasteiger partial charge in [0.1, 0.15) is 0 Å². The zero-order valence-corrected chi connectivity index (χ0v) is 15.4. The Kier molecular flexibility index (Phi) is 3.95. The van der Waals surface area contributed by atoms with E-state index in [2.05, 4.69) is 6.92 Å². The Hall–Kier alpha value is -0.590. The summed E-state index contributed by atoms with van der Waals surface area (Å²) in [6.45, 7) is 3.73.